The standard InChI is InChI=1S/C13H17N3O2/c1-2-10(6-7-14)18-13(17)11-9-15-16-8-4-3-5-12(11)16/h9-10H,2-6,8H2,1H3/t10-/m1/s1. The van der Waals surface area contributed by atoms with E-state index in [4.69, 9.17) is 10.00 Å². The Morgan fingerprint density at radius 2 is 2.50 bits per heavy atom. The number of nitriles is 1. The summed E-state index contributed by atoms with van der Waals surface area (Å²) in [6.45, 7) is 2.78. The van der Waals surface area contributed by atoms with E-state index in [1.807, 2.05) is 17.7 Å². The third kappa shape index (κ3) is 2.53. The Kier molecular flexibility index (Phi) is 3.98. The normalized spacial score (nSPS) is 15.6. The SMILES string of the molecule is CC[C@H](CC#N)OC(=O)c1cnn2c1CCCC2. The lowest BCUT2D eigenvalue weighted by molar-refractivity contribution is 0.0302. The Bertz CT molecular complexity index is 473. The largest absolute Gasteiger partial charge is 0.458 e. The minimum atomic E-state index is -0.347. The maximum atomic E-state index is 12.0. The molecule has 0 bridgehead atoms. The number of aryl methyl sites for hydroxylation is 1. The van der Waals surface area contributed by atoms with Crippen molar-refractivity contribution in [2.75, 3.05) is 0 Å². The maximum Gasteiger partial charge on any atom is 0.341 e. The van der Waals surface area contributed by atoms with Gasteiger partial charge in [0, 0.05) is 6.54 Å². The molecule has 0 saturated carbocycles. The first kappa shape index (κ1) is 12.6. The second-order valence-electron chi connectivity index (χ2n) is 4.48. The van der Waals surface area contributed by atoms with Gasteiger partial charge >= 0.3 is 5.97 Å². The number of rotatable bonds is 4. The second-order valence-corrected chi connectivity index (χ2v) is 4.48. The molecule has 0 N–H and O–H groups in total. The van der Waals surface area contributed by atoms with Crippen LogP contribution in [0.15, 0.2) is 6.20 Å². The summed E-state index contributed by atoms with van der Waals surface area (Å²) in [5, 5.41) is 12.9. The van der Waals surface area contributed by atoms with E-state index < -0.39 is 0 Å². The summed E-state index contributed by atoms with van der Waals surface area (Å²) in [5.74, 6) is -0.347. The number of carbonyl (C=O) groups excluding carboxylic acids is 1. The van der Waals surface area contributed by atoms with Crippen LogP contribution in [-0.4, -0.2) is 21.9 Å². The summed E-state index contributed by atoms with van der Waals surface area (Å²) >= 11 is 0. The molecule has 0 aliphatic carbocycles. The minimum absolute atomic E-state index is 0.242. The lowest BCUT2D eigenvalue weighted by atomic mass is 10.1. The van der Waals surface area contributed by atoms with Crippen molar-refractivity contribution in [3.63, 3.8) is 0 Å². The highest BCUT2D eigenvalue weighted by Gasteiger charge is 2.22. The maximum absolute atomic E-state index is 12.0. The van der Waals surface area contributed by atoms with Crippen molar-refractivity contribution < 1.29 is 9.53 Å². The van der Waals surface area contributed by atoms with Gasteiger partial charge in [0.05, 0.1) is 24.4 Å². The number of nitrogens with zero attached hydrogens (tertiary/aromatic N) is 3. The molecule has 2 rings (SSSR count). The summed E-state index contributed by atoms with van der Waals surface area (Å²) in [6.07, 6.45) is 5.23. The fourth-order valence-electron chi connectivity index (χ4n) is 2.18. The van der Waals surface area contributed by atoms with Gasteiger partial charge in [0.1, 0.15) is 11.7 Å². The molecular weight excluding hydrogens is 230 g/mol. The van der Waals surface area contributed by atoms with E-state index in [1.54, 1.807) is 6.20 Å². The molecule has 18 heavy (non-hydrogen) atoms. The van der Waals surface area contributed by atoms with Crippen LogP contribution in [0.4, 0.5) is 0 Å². The first-order valence-corrected chi connectivity index (χ1v) is 6.38. The van der Waals surface area contributed by atoms with E-state index in [-0.39, 0.29) is 18.5 Å². The Morgan fingerprint density at radius 3 is 3.22 bits per heavy atom. The average molecular weight is 247 g/mol. The zero-order chi connectivity index (χ0) is 13.0. The van der Waals surface area contributed by atoms with Crippen molar-refractivity contribution in [3.05, 3.63) is 17.5 Å². The first-order chi connectivity index (χ1) is 8.76. The summed E-state index contributed by atoms with van der Waals surface area (Å²) in [4.78, 5) is 12.0. The molecule has 0 unspecified atom stereocenters. The molecule has 5 nitrogen and oxygen atoms in total. The molecule has 1 aromatic heterocycles. The first-order valence-electron chi connectivity index (χ1n) is 6.38. The van der Waals surface area contributed by atoms with Crippen molar-refractivity contribution >= 4 is 5.97 Å². The highest BCUT2D eigenvalue weighted by Crippen LogP contribution is 2.19. The molecule has 1 aliphatic heterocycles. The van der Waals surface area contributed by atoms with Gasteiger partial charge in [-0.15, -0.1) is 0 Å². The molecule has 0 fully saturated rings. The number of fused-ring (bicyclic) bond motifs is 1. The van der Waals surface area contributed by atoms with Crippen LogP contribution in [0.25, 0.3) is 0 Å². The molecule has 5 heteroatoms. The Hall–Kier alpha value is -1.83. The van der Waals surface area contributed by atoms with Crippen LogP contribution in [0, 0.1) is 11.3 Å². The predicted octanol–water partition coefficient (Wildman–Crippen LogP) is 2.07. The number of esters is 1. The van der Waals surface area contributed by atoms with Crippen LogP contribution in [-0.2, 0) is 17.7 Å². The average Bonchev–Trinajstić information content (AvgIpc) is 2.82. The number of ether oxygens (including phenoxy) is 1. The van der Waals surface area contributed by atoms with Crippen molar-refractivity contribution in [1.82, 2.24) is 9.78 Å². The van der Waals surface area contributed by atoms with E-state index in [1.165, 1.54) is 0 Å². The number of carbonyl (C=O) groups is 1. The smallest absolute Gasteiger partial charge is 0.341 e. The van der Waals surface area contributed by atoms with Gasteiger partial charge in [-0.3, -0.25) is 4.68 Å². The summed E-state index contributed by atoms with van der Waals surface area (Å²) in [6, 6.07) is 2.03. The molecule has 0 saturated heterocycles. The molecule has 1 aromatic rings. The van der Waals surface area contributed by atoms with Crippen molar-refractivity contribution in [3.8, 4) is 6.07 Å². The molecule has 1 aliphatic rings. The fraction of sp³-hybridized carbons (Fsp3) is 0.615. The van der Waals surface area contributed by atoms with Gasteiger partial charge in [-0.25, -0.2) is 4.79 Å². The van der Waals surface area contributed by atoms with Gasteiger partial charge in [0.2, 0.25) is 0 Å². The monoisotopic (exact) mass is 247 g/mol. The lowest BCUT2D eigenvalue weighted by Crippen LogP contribution is -2.19. The lowest BCUT2D eigenvalue weighted by Gasteiger charge is -2.16. The number of hydrogen-bond acceptors (Lipinski definition) is 4. The molecule has 96 valence electrons. The highest BCUT2D eigenvalue weighted by atomic mass is 16.5. The van der Waals surface area contributed by atoms with E-state index in [9.17, 15) is 4.79 Å². The van der Waals surface area contributed by atoms with Gasteiger partial charge in [-0.05, 0) is 25.7 Å². The van der Waals surface area contributed by atoms with E-state index >= 15 is 0 Å². The molecule has 2 heterocycles. The summed E-state index contributed by atoms with van der Waals surface area (Å²) in [5.41, 5.74) is 1.53. The van der Waals surface area contributed by atoms with Gasteiger partial charge in [-0.2, -0.15) is 10.4 Å². The molecule has 0 radical (unpaired) electrons. The van der Waals surface area contributed by atoms with Crippen molar-refractivity contribution in [2.45, 2.75) is 51.7 Å². The molecule has 1 atom stereocenters. The fourth-order valence-corrected chi connectivity index (χ4v) is 2.18. The van der Waals surface area contributed by atoms with Crippen LogP contribution in [0.3, 0.4) is 0 Å². The summed E-state index contributed by atoms with van der Waals surface area (Å²) < 4.78 is 7.22. The topological polar surface area (TPSA) is 67.9 Å². The van der Waals surface area contributed by atoms with Gasteiger partial charge in [-0.1, -0.05) is 6.92 Å². The predicted molar refractivity (Wildman–Crippen MR) is 64.9 cm³/mol. The van der Waals surface area contributed by atoms with Crippen LogP contribution in [0.1, 0.15) is 48.7 Å². The Labute approximate surface area is 106 Å². The van der Waals surface area contributed by atoms with Crippen LogP contribution in [0.2, 0.25) is 0 Å². The van der Waals surface area contributed by atoms with Gasteiger partial charge in [0.15, 0.2) is 0 Å². The number of aromatic nitrogens is 2. The third-order valence-electron chi connectivity index (χ3n) is 3.25. The molecule has 0 spiro atoms. The Balaban J connectivity index is 2.09. The minimum Gasteiger partial charge on any atom is -0.458 e. The Morgan fingerprint density at radius 1 is 1.67 bits per heavy atom. The second kappa shape index (κ2) is 5.67. The third-order valence-corrected chi connectivity index (χ3v) is 3.25. The summed E-state index contributed by atoms with van der Waals surface area (Å²) in [7, 11) is 0. The molecular formula is C13H17N3O2. The van der Waals surface area contributed by atoms with Gasteiger partial charge < -0.3 is 4.74 Å². The van der Waals surface area contributed by atoms with Crippen molar-refractivity contribution in [1.29, 1.82) is 5.26 Å². The molecule has 0 amide bonds. The van der Waals surface area contributed by atoms with E-state index in [2.05, 4.69) is 5.10 Å². The van der Waals surface area contributed by atoms with E-state index in [0.29, 0.717) is 12.0 Å². The van der Waals surface area contributed by atoms with Crippen LogP contribution >= 0.6 is 0 Å². The zero-order valence-corrected chi connectivity index (χ0v) is 10.6. The van der Waals surface area contributed by atoms with Crippen molar-refractivity contribution in [2.24, 2.45) is 0 Å². The number of hydrogen-bond donors (Lipinski definition) is 0. The van der Waals surface area contributed by atoms with Crippen LogP contribution in [0.5, 0.6) is 0 Å². The zero-order valence-electron chi connectivity index (χ0n) is 10.6. The highest BCUT2D eigenvalue weighted by molar-refractivity contribution is 5.90. The van der Waals surface area contributed by atoms with E-state index in [0.717, 1.165) is 31.5 Å². The quantitative estimate of drug-likeness (QED) is 0.764. The van der Waals surface area contributed by atoms with Crippen LogP contribution < -0.4 is 0 Å². The molecule has 0 aromatic carbocycles. The van der Waals surface area contributed by atoms with Gasteiger partial charge in [0.25, 0.3) is 0 Å².